The van der Waals surface area contributed by atoms with Gasteiger partial charge in [0.05, 0.1) is 5.75 Å². The maximum atomic E-state index is 12.7. The number of carbonyl (C=O) groups is 2. The SMILES string of the molecule is CC1CN(c2cc(Cl)nc(SCC(=O)NCCN(C)C)n2)CCN1C(=O)C(C)(C)C. The van der Waals surface area contributed by atoms with Gasteiger partial charge in [0.2, 0.25) is 11.8 Å². The fraction of sp³-hybridized carbons (Fsp3) is 0.700. The number of halogens is 1. The zero-order chi connectivity index (χ0) is 22.5. The minimum Gasteiger partial charge on any atom is -0.354 e. The Balaban J connectivity index is 1.97. The van der Waals surface area contributed by atoms with E-state index in [1.807, 2.05) is 51.6 Å². The highest BCUT2D eigenvalue weighted by Gasteiger charge is 2.34. The van der Waals surface area contributed by atoms with Crippen molar-refractivity contribution in [1.29, 1.82) is 0 Å². The van der Waals surface area contributed by atoms with Gasteiger partial charge in [0.25, 0.3) is 0 Å². The molecule has 8 nitrogen and oxygen atoms in total. The second kappa shape index (κ2) is 10.6. The highest BCUT2D eigenvalue weighted by molar-refractivity contribution is 7.99. The van der Waals surface area contributed by atoms with Crippen LogP contribution in [0.4, 0.5) is 5.82 Å². The molecule has 2 rings (SSSR count). The predicted octanol–water partition coefficient (Wildman–Crippen LogP) is 1.98. The number of nitrogens with zero attached hydrogens (tertiary/aromatic N) is 5. The average Bonchev–Trinajstić information content (AvgIpc) is 2.64. The first-order chi connectivity index (χ1) is 14.0. The number of nitrogens with one attached hydrogen (secondary N) is 1. The lowest BCUT2D eigenvalue weighted by molar-refractivity contribution is -0.142. The van der Waals surface area contributed by atoms with Gasteiger partial charge in [0, 0.05) is 50.2 Å². The molecule has 1 saturated heterocycles. The summed E-state index contributed by atoms with van der Waals surface area (Å²) in [6.45, 7) is 11.2. The molecule has 1 atom stereocenters. The molecule has 1 unspecified atom stereocenters. The zero-order valence-electron chi connectivity index (χ0n) is 18.7. The normalized spacial score (nSPS) is 17.4. The number of hydrogen-bond donors (Lipinski definition) is 1. The summed E-state index contributed by atoms with van der Waals surface area (Å²) in [5.41, 5.74) is -0.397. The number of thioether (sulfide) groups is 1. The fourth-order valence-electron chi connectivity index (χ4n) is 3.11. The maximum absolute atomic E-state index is 12.7. The third kappa shape index (κ3) is 7.28. The second-order valence-corrected chi connectivity index (χ2v) is 10.1. The van der Waals surface area contributed by atoms with Crippen LogP contribution < -0.4 is 10.2 Å². The van der Waals surface area contributed by atoms with Crippen LogP contribution in [0, 0.1) is 5.41 Å². The van der Waals surface area contributed by atoms with E-state index in [1.165, 1.54) is 11.8 Å². The molecule has 0 radical (unpaired) electrons. The number of anilines is 1. The molecule has 2 heterocycles. The van der Waals surface area contributed by atoms with Gasteiger partial charge >= 0.3 is 0 Å². The number of rotatable bonds is 7. The Morgan fingerprint density at radius 2 is 2.00 bits per heavy atom. The van der Waals surface area contributed by atoms with Gasteiger partial charge < -0.3 is 20.0 Å². The van der Waals surface area contributed by atoms with Crippen molar-refractivity contribution in [1.82, 2.24) is 25.1 Å². The van der Waals surface area contributed by atoms with E-state index in [0.717, 1.165) is 12.4 Å². The van der Waals surface area contributed by atoms with Crippen molar-refractivity contribution >= 4 is 41.0 Å². The molecule has 0 aromatic carbocycles. The van der Waals surface area contributed by atoms with Gasteiger partial charge in [-0.3, -0.25) is 9.59 Å². The standard InChI is InChI=1S/C20H33ClN6O2S/c1-14-12-26(9-10-27(14)18(29)20(2,3)4)16-11-15(21)23-19(24-16)30-13-17(28)22-7-8-25(5)6/h11,14H,7-10,12-13H2,1-6H3,(H,22,28). The minimum absolute atomic E-state index is 0.0603. The van der Waals surface area contributed by atoms with Crippen molar-refractivity contribution in [3.63, 3.8) is 0 Å². The molecule has 1 fully saturated rings. The van der Waals surface area contributed by atoms with E-state index in [9.17, 15) is 9.59 Å². The van der Waals surface area contributed by atoms with Gasteiger partial charge in [-0.2, -0.15) is 0 Å². The predicted molar refractivity (Wildman–Crippen MR) is 122 cm³/mol. The lowest BCUT2D eigenvalue weighted by Crippen LogP contribution is -2.56. The van der Waals surface area contributed by atoms with Crippen LogP contribution >= 0.6 is 23.4 Å². The molecule has 2 amide bonds. The molecule has 168 valence electrons. The molecule has 0 aliphatic carbocycles. The number of piperazine rings is 1. The van der Waals surface area contributed by atoms with E-state index in [1.54, 1.807) is 6.07 Å². The molecule has 0 bridgehead atoms. The number of aromatic nitrogens is 2. The molecule has 0 spiro atoms. The first-order valence-corrected chi connectivity index (χ1v) is 11.5. The number of likely N-dealkylation sites (N-methyl/N-ethyl adjacent to an activating group) is 1. The van der Waals surface area contributed by atoms with E-state index in [2.05, 4.69) is 20.2 Å². The monoisotopic (exact) mass is 456 g/mol. The third-order valence-electron chi connectivity index (χ3n) is 4.73. The first kappa shape index (κ1) is 24.7. The van der Waals surface area contributed by atoms with E-state index in [-0.39, 0.29) is 23.6 Å². The smallest absolute Gasteiger partial charge is 0.230 e. The highest BCUT2D eigenvalue weighted by Crippen LogP contribution is 2.26. The van der Waals surface area contributed by atoms with Gasteiger partial charge in [-0.1, -0.05) is 44.1 Å². The Hall–Kier alpha value is -1.58. The fourth-order valence-corrected chi connectivity index (χ4v) is 4.02. The van der Waals surface area contributed by atoms with E-state index >= 15 is 0 Å². The number of hydrogen-bond acceptors (Lipinski definition) is 7. The van der Waals surface area contributed by atoms with E-state index in [0.29, 0.717) is 36.5 Å². The number of amides is 2. The van der Waals surface area contributed by atoms with Crippen molar-refractivity contribution in [3.05, 3.63) is 11.2 Å². The maximum Gasteiger partial charge on any atom is 0.230 e. The van der Waals surface area contributed by atoms with Crippen molar-refractivity contribution in [2.45, 2.75) is 38.9 Å². The van der Waals surface area contributed by atoms with Gasteiger partial charge in [-0.05, 0) is 21.0 Å². The lowest BCUT2D eigenvalue weighted by atomic mass is 9.93. The molecule has 10 heteroatoms. The molecule has 1 aliphatic rings. The van der Waals surface area contributed by atoms with Crippen LogP contribution in [-0.2, 0) is 9.59 Å². The highest BCUT2D eigenvalue weighted by atomic mass is 35.5. The summed E-state index contributed by atoms with van der Waals surface area (Å²) < 4.78 is 0. The summed E-state index contributed by atoms with van der Waals surface area (Å²) in [5, 5.41) is 3.69. The molecule has 1 aliphatic heterocycles. The largest absolute Gasteiger partial charge is 0.354 e. The quantitative estimate of drug-likeness (QED) is 0.381. The summed E-state index contributed by atoms with van der Waals surface area (Å²) >= 11 is 7.48. The van der Waals surface area contributed by atoms with Crippen LogP contribution in [0.2, 0.25) is 5.15 Å². The molecular formula is C20H33ClN6O2S. The van der Waals surface area contributed by atoms with Crippen LogP contribution in [0.1, 0.15) is 27.7 Å². The van der Waals surface area contributed by atoms with Crippen LogP contribution in [0.3, 0.4) is 0 Å². The molecule has 1 aromatic rings. The topological polar surface area (TPSA) is 81.7 Å². The minimum atomic E-state index is -0.397. The molecule has 1 aromatic heterocycles. The summed E-state index contributed by atoms with van der Waals surface area (Å²) in [6, 6.07) is 1.80. The van der Waals surface area contributed by atoms with Crippen LogP contribution in [-0.4, -0.2) is 90.2 Å². The van der Waals surface area contributed by atoms with Gasteiger partial charge in [-0.25, -0.2) is 9.97 Å². The third-order valence-corrected chi connectivity index (χ3v) is 5.77. The Morgan fingerprint density at radius 1 is 1.30 bits per heavy atom. The van der Waals surface area contributed by atoms with Crippen LogP contribution in [0.5, 0.6) is 0 Å². The summed E-state index contributed by atoms with van der Waals surface area (Å²) in [6.07, 6.45) is 0. The van der Waals surface area contributed by atoms with Crippen LogP contribution in [0.15, 0.2) is 11.2 Å². The van der Waals surface area contributed by atoms with Crippen molar-refractivity contribution in [2.75, 3.05) is 57.5 Å². The molecule has 0 saturated carbocycles. The Bertz CT molecular complexity index is 755. The second-order valence-electron chi connectivity index (χ2n) is 8.82. The van der Waals surface area contributed by atoms with Crippen molar-refractivity contribution < 1.29 is 9.59 Å². The average molecular weight is 457 g/mol. The van der Waals surface area contributed by atoms with E-state index < -0.39 is 5.41 Å². The molecular weight excluding hydrogens is 424 g/mol. The molecule has 30 heavy (non-hydrogen) atoms. The summed E-state index contributed by atoms with van der Waals surface area (Å²) in [7, 11) is 3.92. The van der Waals surface area contributed by atoms with E-state index in [4.69, 9.17) is 11.6 Å². The van der Waals surface area contributed by atoms with Gasteiger partial charge in [0.15, 0.2) is 5.16 Å². The summed E-state index contributed by atoms with van der Waals surface area (Å²) in [4.78, 5) is 39.6. The Labute approximate surface area is 188 Å². The zero-order valence-corrected chi connectivity index (χ0v) is 20.3. The number of carbonyl (C=O) groups excluding carboxylic acids is 2. The molecule has 1 N–H and O–H groups in total. The Morgan fingerprint density at radius 3 is 2.60 bits per heavy atom. The van der Waals surface area contributed by atoms with Gasteiger partial charge in [-0.15, -0.1) is 0 Å². The van der Waals surface area contributed by atoms with Crippen molar-refractivity contribution in [3.8, 4) is 0 Å². The Kier molecular flexibility index (Phi) is 8.75. The van der Waals surface area contributed by atoms with Crippen molar-refractivity contribution in [2.24, 2.45) is 5.41 Å². The van der Waals surface area contributed by atoms with Gasteiger partial charge in [0.1, 0.15) is 11.0 Å². The summed E-state index contributed by atoms with van der Waals surface area (Å²) in [5.74, 6) is 1.05. The first-order valence-electron chi connectivity index (χ1n) is 10.1. The lowest BCUT2D eigenvalue weighted by Gasteiger charge is -2.42. The van der Waals surface area contributed by atoms with Crippen LogP contribution in [0.25, 0.3) is 0 Å².